The minimum atomic E-state index is -4.14. The summed E-state index contributed by atoms with van der Waals surface area (Å²) in [5.41, 5.74) is -1.06. The van der Waals surface area contributed by atoms with E-state index in [1.807, 2.05) is 0 Å². The lowest BCUT2D eigenvalue weighted by atomic mass is 9.65. The van der Waals surface area contributed by atoms with E-state index in [9.17, 15) is 18.3 Å². The van der Waals surface area contributed by atoms with Gasteiger partial charge in [-0.3, -0.25) is 0 Å². The molecule has 0 aromatic heterocycles. The Bertz CT molecular complexity index is 294. The largest absolute Gasteiger partial charge is 0.391 e. The first-order valence-electron chi connectivity index (χ1n) is 7.64. The molecule has 0 aromatic carbocycles. The van der Waals surface area contributed by atoms with Crippen LogP contribution < -0.4 is 0 Å². The lowest BCUT2D eigenvalue weighted by molar-refractivity contribution is -0.208. The molecule has 2 aliphatic rings. The highest BCUT2D eigenvalue weighted by molar-refractivity contribution is 4.95. The monoisotopic (exact) mass is 278 g/mol. The van der Waals surface area contributed by atoms with Crippen molar-refractivity contribution in [3.05, 3.63) is 0 Å². The molecule has 0 aliphatic heterocycles. The van der Waals surface area contributed by atoms with Gasteiger partial charge in [0.05, 0.1) is 11.5 Å². The fraction of sp³-hybridized carbons (Fsp3) is 1.00. The molecule has 1 nitrogen and oxygen atoms in total. The van der Waals surface area contributed by atoms with E-state index in [-0.39, 0.29) is 18.8 Å². The van der Waals surface area contributed by atoms with Gasteiger partial charge in [-0.1, -0.05) is 26.2 Å². The van der Waals surface area contributed by atoms with Crippen LogP contribution in [-0.2, 0) is 0 Å². The molecule has 1 N–H and O–H groups in total. The summed E-state index contributed by atoms with van der Waals surface area (Å²) in [5.74, 6) is -0.502. The summed E-state index contributed by atoms with van der Waals surface area (Å²) in [6.07, 6.45) is 2.13. The van der Waals surface area contributed by atoms with Gasteiger partial charge in [0.15, 0.2) is 0 Å². The number of aliphatic hydroxyl groups is 1. The van der Waals surface area contributed by atoms with Crippen LogP contribution in [0.2, 0.25) is 0 Å². The quantitative estimate of drug-likeness (QED) is 0.777. The predicted molar refractivity (Wildman–Crippen MR) is 68.7 cm³/mol. The van der Waals surface area contributed by atoms with E-state index in [0.717, 1.165) is 32.1 Å². The third-order valence-electron chi connectivity index (χ3n) is 5.41. The number of hydrogen-bond acceptors (Lipinski definition) is 1. The van der Waals surface area contributed by atoms with Crippen molar-refractivity contribution in [1.29, 1.82) is 0 Å². The zero-order valence-electron chi connectivity index (χ0n) is 11.7. The Balaban J connectivity index is 1.98. The first kappa shape index (κ1) is 15.1. The third-order valence-corrected chi connectivity index (χ3v) is 5.41. The maximum Gasteiger partial charge on any atom is 0.391 e. The molecule has 2 atom stereocenters. The van der Waals surface area contributed by atoms with Crippen LogP contribution in [0.25, 0.3) is 0 Å². The summed E-state index contributed by atoms with van der Waals surface area (Å²) in [6, 6.07) is 0. The molecule has 0 heterocycles. The molecule has 0 spiro atoms. The lowest BCUT2D eigenvalue weighted by Crippen LogP contribution is -2.46. The Hall–Kier alpha value is -0.250. The third kappa shape index (κ3) is 3.45. The molecule has 0 bridgehead atoms. The molecule has 0 aromatic rings. The Labute approximate surface area is 113 Å². The van der Waals surface area contributed by atoms with Crippen LogP contribution in [0.1, 0.15) is 64.7 Å². The molecule has 0 amide bonds. The number of hydrogen-bond donors (Lipinski definition) is 1. The van der Waals surface area contributed by atoms with Gasteiger partial charge < -0.3 is 5.11 Å². The van der Waals surface area contributed by atoms with E-state index in [0.29, 0.717) is 18.8 Å². The van der Waals surface area contributed by atoms with Crippen LogP contribution in [0.4, 0.5) is 13.2 Å². The van der Waals surface area contributed by atoms with Gasteiger partial charge in [0.2, 0.25) is 0 Å². The van der Waals surface area contributed by atoms with Crippen molar-refractivity contribution in [1.82, 2.24) is 0 Å². The Kier molecular flexibility index (Phi) is 4.49. The maximum atomic E-state index is 12.9. The molecule has 0 saturated heterocycles. The fourth-order valence-corrected chi connectivity index (χ4v) is 4.04. The molecule has 2 unspecified atom stereocenters. The van der Waals surface area contributed by atoms with Gasteiger partial charge in [0.25, 0.3) is 0 Å². The highest BCUT2D eigenvalue weighted by Crippen LogP contribution is 2.48. The molecule has 19 heavy (non-hydrogen) atoms. The number of halogens is 3. The molecule has 0 radical (unpaired) electrons. The summed E-state index contributed by atoms with van der Waals surface area (Å²) < 4.78 is 38.6. The minimum absolute atomic E-state index is 0.0715. The van der Waals surface area contributed by atoms with Crippen molar-refractivity contribution in [2.45, 2.75) is 76.5 Å². The van der Waals surface area contributed by atoms with Gasteiger partial charge in [-0.2, -0.15) is 13.2 Å². The SMILES string of the molecule is CCC1CCC(C2(O)CCCC(C(F)(F)F)C2)CC1. The summed E-state index contributed by atoms with van der Waals surface area (Å²) >= 11 is 0. The second-order valence-electron chi connectivity index (χ2n) is 6.56. The van der Waals surface area contributed by atoms with Gasteiger partial charge in [-0.25, -0.2) is 0 Å². The highest BCUT2D eigenvalue weighted by Gasteiger charge is 2.49. The summed E-state index contributed by atoms with van der Waals surface area (Å²) in [6.45, 7) is 2.17. The van der Waals surface area contributed by atoms with Gasteiger partial charge in [0.1, 0.15) is 0 Å². The van der Waals surface area contributed by atoms with Crippen molar-refractivity contribution in [2.75, 3.05) is 0 Å². The first-order chi connectivity index (χ1) is 8.85. The topological polar surface area (TPSA) is 20.2 Å². The Morgan fingerprint density at radius 2 is 1.74 bits per heavy atom. The molecule has 2 aliphatic carbocycles. The average molecular weight is 278 g/mol. The molecular formula is C15H25F3O. The van der Waals surface area contributed by atoms with E-state index in [2.05, 4.69) is 6.92 Å². The molecule has 112 valence electrons. The van der Waals surface area contributed by atoms with Crippen molar-refractivity contribution in [2.24, 2.45) is 17.8 Å². The smallest absolute Gasteiger partial charge is 0.390 e. The summed E-state index contributed by atoms with van der Waals surface area (Å²) in [4.78, 5) is 0. The maximum absolute atomic E-state index is 12.9. The molecule has 2 saturated carbocycles. The average Bonchev–Trinajstić information content (AvgIpc) is 2.38. The second-order valence-corrected chi connectivity index (χ2v) is 6.56. The zero-order valence-corrected chi connectivity index (χ0v) is 11.7. The molecule has 2 rings (SSSR count). The molecule has 2 fully saturated rings. The number of alkyl halides is 3. The van der Waals surface area contributed by atoms with Gasteiger partial charge in [-0.15, -0.1) is 0 Å². The summed E-state index contributed by atoms with van der Waals surface area (Å²) in [5, 5.41) is 10.7. The Morgan fingerprint density at radius 1 is 1.11 bits per heavy atom. The first-order valence-corrected chi connectivity index (χ1v) is 7.64. The molecule has 4 heteroatoms. The highest BCUT2D eigenvalue weighted by atomic mass is 19.4. The normalized spacial score (nSPS) is 41.2. The standard InChI is InChI=1S/C15H25F3O/c1-2-11-5-7-12(8-6-11)14(19)9-3-4-13(10-14)15(16,17)18/h11-13,19H,2-10H2,1H3. The predicted octanol–water partition coefficient (Wildman–Crippen LogP) is 4.69. The lowest BCUT2D eigenvalue weighted by Gasteiger charge is -2.45. The van der Waals surface area contributed by atoms with E-state index in [1.54, 1.807) is 0 Å². The van der Waals surface area contributed by atoms with Crippen molar-refractivity contribution < 1.29 is 18.3 Å². The van der Waals surface area contributed by atoms with Crippen LogP contribution in [0.15, 0.2) is 0 Å². The van der Waals surface area contributed by atoms with E-state index in [1.165, 1.54) is 0 Å². The van der Waals surface area contributed by atoms with Crippen LogP contribution in [0.5, 0.6) is 0 Å². The van der Waals surface area contributed by atoms with E-state index in [4.69, 9.17) is 0 Å². The van der Waals surface area contributed by atoms with Crippen LogP contribution in [0.3, 0.4) is 0 Å². The molecular weight excluding hydrogens is 253 g/mol. The van der Waals surface area contributed by atoms with Crippen molar-refractivity contribution in [3.8, 4) is 0 Å². The van der Waals surface area contributed by atoms with Crippen LogP contribution in [-0.4, -0.2) is 16.9 Å². The summed E-state index contributed by atoms with van der Waals surface area (Å²) in [7, 11) is 0. The van der Waals surface area contributed by atoms with Gasteiger partial charge in [-0.05, 0) is 50.4 Å². The van der Waals surface area contributed by atoms with E-state index < -0.39 is 17.7 Å². The van der Waals surface area contributed by atoms with Gasteiger partial charge >= 0.3 is 6.18 Å². The van der Waals surface area contributed by atoms with Crippen molar-refractivity contribution in [3.63, 3.8) is 0 Å². The van der Waals surface area contributed by atoms with Crippen LogP contribution >= 0.6 is 0 Å². The Morgan fingerprint density at radius 3 is 2.26 bits per heavy atom. The second kappa shape index (κ2) is 5.63. The van der Waals surface area contributed by atoms with Gasteiger partial charge in [0, 0.05) is 0 Å². The fourth-order valence-electron chi connectivity index (χ4n) is 4.04. The van der Waals surface area contributed by atoms with E-state index >= 15 is 0 Å². The minimum Gasteiger partial charge on any atom is -0.390 e. The van der Waals surface area contributed by atoms with Crippen molar-refractivity contribution >= 4 is 0 Å². The van der Waals surface area contributed by atoms with Crippen LogP contribution in [0, 0.1) is 17.8 Å². The number of rotatable bonds is 2. The zero-order chi connectivity index (χ0) is 14.1.